The third-order valence-corrected chi connectivity index (χ3v) is 6.44. The Kier molecular flexibility index (Phi) is 7.14. The van der Waals surface area contributed by atoms with Gasteiger partial charge in [0.15, 0.2) is 16.7 Å². The molecule has 3 aromatic rings. The van der Waals surface area contributed by atoms with Crippen molar-refractivity contribution in [3.05, 3.63) is 80.4 Å². The standard InChI is InChI=1S/C24H16F3N3O3S2/c1-32-20-9-14(10-21-22(31)30-23(35-21)29-12-16-6-7-34-13-16)2-5-19(20)33-18-4-3-15(11-28)8-17(18)24(25,26)27/h2-10,13H,12H2,1H3,(H,29,30,31)/b21-10-. The second-order valence-corrected chi connectivity index (χ2v) is 8.96. The molecule has 0 unspecified atom stereocenters. The molecule has 6 nitrogen and oxygen atoms in total. The lowest BCUT2D eigenvalue weighted by Gasteiger charge is -2.16. The number of alkyl halides is 3. The summed E-state index contributed by atoms with van der Waals surface area (Å²) in [7, 11) is 1.36. The molecular formula is C24H16F3N3O3S2. The molecule has 2 heterocycles. The summed E-state index contributed by atoms with van der Waals surface area (Å²) in [4.78, 5) is 17.1. The van der Waals surface area contributed by atoms with Crippen LogP contribution in [0.5, 0.6) is 17.2 Å². The van der Waals surface area contributed by atoms with E-state index in [-0.39, 0.29) is 23.0 Å². The zero-order valence-electron chi connectivity index (χ0n) is 18.1. The first-order valence-electron chi connectivity index (χ1n) is 10.0. The average Bonchev–Trinajstić information content (AvgIpc) is 3.48. The highest BCUT2D eigenvalue weighted by Crippen LogP contribution is 2.41. The van der Waals surface area contributed by atoms with Gasteiger partial charge in [0.05, 0.1) is 35.8 Å². The second-order valence-electron chi connectivity index (χ2n) is 7.15. The van der Waals surface area contributed by atoms with Gasteiger partial charge in [-0.25, -0.2) is 0 Å². The van der Waals surface area contributed by atoms with Gasteiger partial charge in [0.1, 0.15) is 5.75 Å². The number of ether oxygens (including phenoxy) is 2. The van der Waals surface area contributed by atoms with E-state index in [1.807, 2.05) is 16.8 Å². The molecule has 0 saturated carbocycles. The average molecular weight is 516 g/mol. The summed E-state index contributed by atoms with van der Waals surface area (Å²) in [5, 5.41) is 16.1. The minimum Gasteiger partial charge on any atom is -0.493 e. The van der Waals surface area contributed by atoms with Crippen molar-refractivity contribution in [3.8, 4) is 23.3 Å². The molecule has 1 aromatic heterocycles. The number of aliphatic imine (C=N–C) groups is 1. The Balaban J connectivity index is 1.56. The molecule has 0 bridgehead atoms. The smallest absolute Gasteiger partial charge is 0.420 e. The zero-order valence-corrected chi connectivity index (χ0v) is 19.7. The fraction of sp³-hybridized carbons (Fsp3) is 0.125. The lowest BCUT2D eigenvalue weighted by molar-refractivity contribution is -0.138. The van der Waals surface area contributed by atoms with Crippen molar-refractivity contribution in [2.75, 3.05) is 7.11 Å². The zero-order chi connectivity index (χ0) is 25.0. The Morgan fingerprint density at radius 3 is 2.63 bits per heavy atom. The van der Waals surface area contributed by atoms with Crippen molar-refractivity contribution >= 4 is 40.2 Å². The number of amidine groups is 1. The van der Waals surface area contributed by atoms with Crippen LogP contribution in [0.3, 0.4) is 0 Å². The summed E-state index contributed by atoms with van der Waals surface area (Å²) < 4.78 is 51.2. The molecule has 178 valence electrons. The second kappa shape index (κ2) is 10.2. The number of carbonyl (C=O) groups is 1. The van der Waals surface area contributed by atoms with Gasteiger partial charge in [0.2, 0.25) is 0 Å². The summed E-state index contributed by atoms with van der Waals surface area (Å²) in [6.07, 6.45) is -3.09. The van der Waals surface area contributed by atoms with Crippen LogP contribution in [0.4, 0.5) is 13.2 Å². The minimum absolute atomic E-state index is 0.0476. The number of hydrogen-bond acceptors (Lipinski definition) is 7. The third kappa shape index (κ3) is 5.85. The molecule has 0 radical (unpaired) electrons. The van der Waals surface area contributed by atoms with Crippen molar-refractivity contribution in [2.45, 2.75) is 12.7 Å². The fourth-order valence-corrected chi connectivity index (χ4v) is 4.57. The van der Waals surface area contributed by atoms with Gasteiger partial charge in [-0.2, -0.15) is 29.8 Å². The lowest BCUT2D eigenvalue weighted by Crippen LogP contribution is -2.19. The summed E-state index contributed by atoms with van der Waals surface area (Å²) >= 11 is 2.76. The highest BCUT2D eigenvalue weighted by molar-refractivity contribution is 8.18. The highest BCUT2D eigenvalue weighted by Gasteiger charge is 2.35. The predicted octanol–water partition coefficient (Wildman–Crippen LogP) is 6.20. The van der Waals surface area contributed by atoms with Crippen LogP contribution in [0.25, 0.3) is 6.08 Å². The number of thioether (sulfide) groups is 1. The van der Waals surface area contributed by atoms with Gasteiger partial charge in [-0.1, -0.05) is 6.07 Å². The van der Waals surface area contributed by atoms with Crippen molar-refractivity contribution in [3.63, 3.8) is 0 Å². The van der Waals surface area contributed by atoms with E-state index in [0.29, 0.717) is 22.2 Å². The van der Waals surface area contributed by atoms with Crippen LogP contribution in [0.1, 0.15) is 22.3 Å². The van der Waals surface area contributed by atoms with Gasteiger partial charge in [-0.15, -0.1) is 0 Å². The molecule has 1 saturated heterocycles. The maximum absolute atomic E-state index is 13.5. The summed E-state index contributed by atoms with van der Waals surface area (Å²) in [6.45, 7) is 0.453. The van der Waals surface area contributed by atoms with E-state index in [0.717, 1.165) is 17.7 Å². The molecule has 1 N–H and O–H groups in total. The largest absolute Gasteiger partial charge is 0.493 e. The van der Waals surface area contributed by atoms with E-state index in [4.69, 9.17) is 14.7 Å². The lowest BCUT2D eigenvalue weighted by atomic mass is 10.1. The van der Waals surface area contributed by atoms with Gasteiger partial charge in [-0.3, -0.25) is 9.79 Å². The van der Waals surface area contributed by atoms with E-state index in [1.165, 1.54) is 31.0 Å². The molecule has 1 aliphatic rings. The molecule has 1 aliphatic heterocycles. The fourth-order valence-electron chi connectivity index (χ4n) is 3.09. The first-order valence-corrected chi connectivity index (χ1v) is 11.8. The number of carbonyl (C=O) groups excluding carboxylic acids is 1. The van der Waals surface area contributed by atoms with Crippen molar-refractivity contribution in [1.82, 2.24) is 5.32 Å². The van der Waals surface area contributed by atoms with Gasteiger partial charge >= 0.3 is 6.18 Å². The predicted molar refractivity (Wildman–Crippen MR) is 128 cm³/mol. The van der Waals surface area contributed by atoms with Gasteiger partial charge in [0.25, 0.3) is 5.91 Å². The Morgan fingerprint density at radius 2 is 1.94 bits per heavy atom. The summed E-state index contributed by atoms with van der Waals surface area (Å²) in [6, 6.07) is 11.3. The number of amides is 1. The minimum atomic E-state index is -4.71. The first-order chi connectivity index (χ1) is 16.8. The molecule has 1 fully saturated rings. The molecule has 0 atom stereocenters. The maximum Gasteiger partial charge on any atom is 0.420 e. The molecule has 35 heavy (non-hydrogen) atoms. The SMILES string of the molecule is COc1cc(/C=C2\SC(=NCc3ccsc3)NC2=O)ccc1Oc1ccc(C#N)cc1C(F)(F)F. The number of benzene rings is 2. The van der Waals surface area contributed by atoms with Crippen LogP contribution in [0.15, 0.2) is 63.1 Å². The number of thiophene rings is 1. The number of nitrogens with zero attached hydrogens (tertiary/aromatic N) is 2. The van der Waals surface area contributed by atoms with Crippen molar-refractivity contribution in [2.24, 2.45) is 4.99 Å². The number of nitrogens with one attached hydrogen (secondary N) is 1. The summed E-state index contributed by atoms with van der Waals surface area (Å²) in [5.41, 5.74) is 0.426. The van der Waals surface area contributed by atoms with E-state index < -0.39 is 17.5 Å². The van der Waals surface area contributed by atoms with Gasteiger partial charge in [0, 0.05) is 0 Å². The summed E-state index contributed by atoms with van der Waals surface area (Å²) in [5.74, 6) is -0.540. The Labute approximate surface area is 206 Å². The number of nitriles is 1. The normalized spacial score (nSPS) is 15.8. The van der Waals surface area contributed by atoms with Crippen LogP contribution >= 0.6 is 23.1 Å². The molecule has 0 aliphatic carbocycles. The van der Waals surface area contributed by atoms with Crippen LogP contribution in [0, 0.1) is 11.3 Å². The third-order valence-electron chi connectivity index (χ3n) is 4.76. The van der Waals surface area contributed by atoms with Crippen LogP contribution in [-0.2, 0) is 17.5 Å². The van der Waals surface area contributed by atoms with Crippen LogP contribution in [0.2, 0.25) is 0 Å². The van der Waals surface area contributed by atoms with Crippen molar-refractivity contribution in [1.29, 1.82) is 5.26 Å². The molecule has 0 spiro atoms. The van der Waals surface area contributed by atoms with Crippen LogP contribution in [-0.4, -0.2) is 18.2 Å². The monoisotopic (exact) mass is 515 g/mol. The quantitative estimate of drug-likeness (QED) is 0.395. The molecule has 2 aromatic carbocycles. The topological polar surface area (TPSA) is 83.7 Å². The van der Waals surface area contributed by atoms with Crippen LogP contribution < -0.4 is 14.8 Å². The molecular weight excluding hydrogens is 499 g/mol. The molecule has 11 heteroatoms. The van der Waals surface area contributed by atoms with E-state index in [9.17, 15) is 18.0 Å². The number of hydrogen-bond donors (Lipinski definition) is 1. The Hall–Kier alpha value is -3.75. The van der Waals surface area contributed by atoms with E-state index in [1.54, 1.807) is 35.6 Å². The maximum atomic E-state index is 13.5. The van der Waals surface area contributed by atoms with E-state index >= 15 is 0 Å². The Bertz CT molecular complexity index is 1360. The number of methoxy groups -OCH3 is 1. The van der Waals surface area contributed by atoms with Crippen molar-refractivity contribution < 1.29 is 27.4 Å². The molecule has 4 rings (SSSR count). The van der Waals surface area contributed by atoms with Gasteiger partial charge < -0.3 is 14.8 Å². The van der Waals surface area contributed by atoms with Gasteiger partial charge in [-0.05, 0) is 76.1 Å². The van der Waals surface area contributed by atoms with E-state index in [2.05, 4.69) is 10.3 Å². The molecule has 1 amide bonds. The highest BCUT2D eigenvalue weighted by atomic mass is 32.2. The number of rotatable bonds is 6. The Morgan fingerprint density at radius 1 is 1.14 bits per heavy atom. The number of halogens is 3. The first kappa shape index (κ1) is 24.4.